The van der Waals surface area contributed by atoms with Gasteiger partial charge in [0.05, 0.1) is 17.2 Å². The summed E-state index contributed by atoms with van der Waals surface area (Å²) in [6.45, 7) is 2.59. The molecule has 2 heterocycles. The molecule has 138 valence electrons. The van der Waals surface area contributed by atoms with E-state index in [9.17, 15) is 4.79 Å². The predicted octanol–water partition coefficient (Wildman–Crippen LogP) is 3.80. The van der Waals surface area contributed by atoms with Crippen molar-refractivity contribution in [1.82, 2.24) is 14.8 Å². The largest absolute Gasteiger partial charge is 0.462 e. The van der Waals surface area contributed by atoms with E-state index in [0.717, 1.165) is 6.42 Å². The first-order chi connectivity index (χ1) is 13.2. The maximum absolute atomic E-state index is 13.0. The zero-order chi connectivity index (χ0) is 18.8. The number of benzene rings is 2. The Morgan fingerprint density at radius 1 is 1.22 bits per heavy atom. The number of aromatic nitrogens is 3. The van der Waals surface area contributed by atoms with Gasteiger partial charge in [-0.3, -0.25) is 4.79 Å². The lowest BCUT2D eigenvalue weighted by Gasteiger charge is -2.06. The van der Waals surface area contributed by atoms with Gasteiger partial charge in [-0.15, -0.1) is 5.10 Å². The number of ether oxygens (including phenoxy) is 3. The molecule has 7 nitrogen and oxygen atoms in total. The highest BCUT2D eigenvalue weighted by molar-refractivity contribution is 6.33. The van der Waals surface area contributed by atoms with E-state index in [0.29, 0.717) is 40.1 Å². The average molecular weight is 386 g/mol. The second kappa shape index (κ2) is 7.28. The van der Waals surface area contributed by atoms with E-state index in [1.165, 1.54) is 4.68 Å². The van der Waals surface area contributed by atoms with Crippen molar-refractivity contribution in [2.75, 3.05) is 13.4 Å². The molecule has 0 amide bonds. The molecule has 0 spiro atoms. The highest BCUT2D eigenvalue weighted by Gasteiger charge is 2.23. The molecule has 0 saturated carbocycles. The van der Waals surface area contributed by atoms with Gasteiger partial charge in [0.1, 0.15) is 0 Å². The van der Waals surface area contributed by atoms with Crippen molar-refractivity contribution >= 4 is 17.5 Å². The van der Waals surface area contributed by atoms with Gasteiger partial charge in [-0.1, -0.05) is 30.7 Å². The molecule has 1 aliphatic heterocycles. The minimum atomic E-state index is -0.396. The molecule has 0 saturated heterocycles. The number of halogens is 1. The van der Waals surface area contributed by atoms with Crippen LogP contribution in [0.5, 0.6) is 17.5 Å². The summed E-state index contributed by atoms with van der Waals surface area (Å²) in [5.74, 6) is 1.17. The first kappa shape index (κ1) is 17.4. The van der Waals surface area contributed by atoms with E-state index in [1.54, 1.807) is 42.5 Å². The normalized spacial score (nSPS) is 12.2. The Labute approximate surface area is 160 Å². The van der Waals surface area contributed by atoms with Crippen molar-refractivity contribution in [3.05, 3.63) is 53.1 Å². The topological polar surface area (TPSA) is 75.5 Å². The van der Waals surface area contributed by atoms with Gasteiger partial charge in [0.15, 0.2) is 17.3 Å². The zero-order valence-corrected chi connectivity index (χ0v) is 15.3. The zero-order valence-electron chi connectivity index (χ0n) is 14.5. The lowest BCUT2D eigenvalue weighted by atomic mass is 10.1. The number of hydrogen-bond donors (Lipinski definition) is 0. The van der Waals surface area contributed by atoms with E-state index in [4.69, 9.17) is 25.8 Å². The van der Waals surface area contributed by atoms with Gasteiger partial charge in [0, 0.05) is 5.56 Å². The predicted molar refractivity (Wildman–Crippen MR) is 98.5 cm³/mol. The summed E-state index contributed by atoms with van der Waals surface area (Å²) in [6, 6.07) is 12.2. The van der Waals surface area contributed by atoms with Gasteiger partial charge >= 0.3 is 6.01 Å². The summed E-state index contributed by atoms with van der Waals surface area (Å²) in [5.41, 5.74) is 0.978. The summed E-state index contributed by atoms with van der Waals surface area (Å²) < 4.78 is 17.5. The summed E-state index contributed by atoms with van der Waals surface area (Å²) in [7, 11) is 0. The lowest BCUT2D eigenvalue weighted by molar-refractivity contribution is 0.0945. The van der Waals surface area contributed by atoms with Crippen LogP contribution in [0.3, 0.4) is 0 Å². The SMILES string of the molecule is CCCOc1nc(-c2ccc3c(c2)OCO3)n(C(=O)c2ccccc2Cl)n1. The molecule has 0 aliphatic carbocycles. The lowest BCUT2D eigenvalue weighted by Crippen LogP contribution is -2.15. The van der Waals surface area contributed by atoms with Crippen molar-refractivity contribution in [2.24, 2.45) is 0 Å². The highest BCUT2D eigenvalue weighted by Crippen LogP contribution is 2.36. The number of carbonyl (C=O) groups is 1. The number of nitrogens with zero attached hydrogens (tertiary/aromatic N) is 3. The Bertz CT molecular complexity index is 1000. The summed E-state index contributed by atoms with van der Waals surface area (Å²) in [6.07, 6.45) is 0.798. The van der Waals surface area contributed by atoms with Crippen LogP contribution in [0.25, 0.3) is 11.4 Å². The van der Waals surface area contributed by atoms with Gasteiger partial charge in [0.25, 0.3) is 5.91 Å². The molecule has 0 N–H and O–H groups in total. The molecule has 3 aromatic rings. The third kappa shape index (κ3) is 3.33. The summed E-state index contributed by atoms with van der Waals surface area (Å²) >= 11 is 6.18. The van der Waals surface area contributed by atoms with E-state index < -0.39 is 5.91 Å². The number of fused-ring (bicyclic) bond motifs is 1. The van der Waals surface area contributed by atoms with Crippen LogP contribution in [0.4, 0.5) is 0 Å². The van der Waals surface area contributed by atoms with Crippen LogP contribution in [-0.4, -0.2) is 34.1 Å². The monoisotopic (exact) mass is 385 g/mol. The van der Waals surface area contributed by atoms with Gasteiger partial charge in [-0.05, 0) is 36.8 Å². The molecule has 1 aliphatic rings. The molecule has 0 radical (unpaired) electrons. The molecule has 0 unspecified atom stereocenters. The van der Waals surface area contributed by atoms with Crippen LogP contribution in [0.1, 0.15) is 23.7 Å². The van der Waals surface area contributed by atoms with Gasteiger partial charge < -0.3 is 14.2 Å². The third-order valence-electron chi connectivity index (χ3n) is 3.95. The van der Waals surface area contributed by atoms with Crippen LogP contribution < -0.4 is 14.2 Å². The molecule has 2 aromatic carbocycles. The van der Waals surface area contributed by atoms with Gasteiger partial charge in [-0.25, -0.2) is 0 Å². The second-order valence-corrected chi connectivity index (χ2v) is 6.24. The van der Waals surface area contributed by atoms with Crippen LogP contribution in [0.15, 0.2) is 42.5 Å². The molecule has 8 heteroatoms. The Hall–Kier alpha value is -3.06. The Morgan fingerprint density at radius 3 is 2.85 bits per heavy atom. The molecular formula is C19H16ClN3O4. The van der Waals surface area contributed by atoms with Crippen LogP contribution in [0.2, 0.25) is 5.02 Å². The number of rotatable bonds is 5. The first-order valence-electron chi connectivity index (χ1n) is 8.46. The molecule has 0 fully saturated rings. The van der Waals surface area contributed by atoms with Crippen molar-refractivity contribution < 1.29 is 19.0 Å². The number of hydrogen-bond acceptors (Lipinski definition) is 6. The average Bonchev–Trinajstić information content (AvgIpc) is 3.32. The van der Waals surface area contributed by atoms with Crippen LogP contribution in [0, 0.1) is 0 Å². The third-order valence-corrected chi connectivity index (χ3v) is 4.28. The summed E-state index contributed by atoms with van der Waals surface area (Å²) in [5, 5.41) is 4.58. The fourth-order valence-corrected chi connectivity index (χ4v) is 2.88. The molecule has 0 atom stereocenters. The van der Waals surface area contributed by atoms with Crippen molar-refractivity contribution in [1.29, 1.82) is 0 Å². The number of carbonyl (C=O) groups excluding carboxylic acids is 1. The van der Waals surface area contributed by atoms with Gasteiger partial charge in [0.2, 0.25) is 6.79 Å². The minimum absolute atomic E-state index is 0.130. The van der Waals surface area contributed by atoms with E-state index >= 15 is 0 Å². The fraction of sp³-hybridized carbons (Fsp3) is 0.211. The van der Waals surface area contributed by atoms with E-state index in [2.05, 4.69) is 10.1 Å². The molecule has 27 heavy (non-hydrogen) atoms. The maximum atomic E-state index is 13.0. The van der Waals surface area contributed by atoms with E-state index in [1.807, 2.05) is 6.92 Å². The molecular weight excluding hydrogens is 370 g/mol. The second-order valence-electron chi connectivity index (χ2n) is 5.83. The Balaban J connectivity index is 1.79. The first-order valence-corrected chi connectivity index (χ1v) is 8.84. The van der Waals surface area contributed by atoms with Crippen LogP contribution >= 0.6 is 11.6 Å². The van der Waals surface area contributed by atoms with Gasteiger partial charge in [-0.2, -0.15) is 9.67 Å². The quantitative estimate of drug-likeness (QED) is 0.664. The Morgan fingerprint density at radius 2 is 2.04 bits per heavy atom. The molecule has 1 aromatic heterocycles. The maximum Gasteiger partial charge on any atom is 0.336 e. The Kier molecular flexibility index (Phi) is 4.68. The van der Waals surface area contributed by atoms with Crippen molar-refractivity contribution in [3.63, 3.8) is 0 Å². The molecule has 4 rings (SSSR count). The summed E-state index contributed by atoms with van der Waals surface area (Å²) in [4.78, 5) is 17.4. The smallest absolute Gasteiger partial charge is 0.336 e. The molecule has 0 bridgehead atoms. The van der Waals surface area contributed by atoms with E-state index in [-0.39, 0.29) is 12.8 Å². The van der Waals surface area contributed by atoms with Crippen molar-refractivity contribution in [2.45, 2.75) is 13.3 Å². The van der Waals surface area contributed by atoms with Crippen LogP contribution in [-0.2, 0) is 0 Å². The van der Waals surface area contributed by atoms with Crippen molar-refractivity contribution in [3.8, 4) is 28.9 Å². The minimum Gasteiger partial charge on any atom is -0.462 e. The highest BCUT2D eigenvalue weighted by atomic mass is 35.5. The fourth-order valence-electron chi connectivity index (χ4n) is 2.66. The standard InChI is InChI=1S/C19H16ClN3O4/c1-2-9-25-19-21-17(12-7-8-15-16(10-12)27-11-26-15)23(22-19)18(24)13-5-3-4-6-14(13)20/h3-8,10H,2,9,11H2,1H3.